The van der Waals surface area contributed by atoms with Gasteiger partial charge >= 0.3 is 12.0 Å². The number of benzene rings is 2. The van der Waals surface area contributed by atoms with Crippen molar-refractivity contribution >= 4 is 29.3 Å². The van der Waals surface area contributed by atoms with E-state index in [0.29, 0.717) is 5.69 Å². The molecule has 2 aliphatic carbocycles. The Bertz CT molecular complexity index is 1150. The van der Waals surface area contributed by atoms with Crippen LogP contribution in [0, 0.1) is 31.5 Å². The van der Waals surface area contributed by atoms with Crippen LogP contribution in [0.5, 0.6) is 0 Å². The lowest BCUT2D eigenvalue weighted by atomic mass is 9.83. The van der Waals surface area contributed by atoms with Crippen LogP contribution < -0.4 is 16.0 Å². The fourth-order valence-electron chi connectivity index (χ4n) is 5.29. The van der Waals surface area contributed by atoms with E-state index >= 15 is 0 Å². The average molecular weight is 510 g/mol. The minimum atomic E-state index is -0.802. The van der Waals surface area contributed by atoms with E-state index in [1.165, 1.54) is 31.6 Å². The molecular formula is C29H36FN3O4. The molecule has 0 aromatic heterocycles. The second-order valence-corrected chi connectivity index (χ2v) is 10.4. The molecule has 1 atom stereocenters. The minimum Gasteiger partial charge on any atom is -0.467 e. The predicted octanol–water partition coefficient (Wildman–Crippen LogP) is 5.89. The summed E-state index contributed by atoms with van der Waals surface area (Å²) in [4.78, 5) is 38.6. The number of amides is 3. The largest absolute Gasteiger partial charge is 0.467 e. The monoisotopic (exact) mass is 509 g/mol. The second-order valence-electron chi connectivity index (χ2n) is 10.4. The summed E-state index contributed by atoms with van der Waals surface area (Å²) in [5.74, 6) is -0.950. The number of nitrogens with one attached hydrogen (secondary N) is 3. The van der Waals surface area contributed by atoms with E-state index in [2.05, 4.69) is 28.1 Å². The Balaban J connectivity index is 1.49. The molecule has 2 saturated carbocycles. The summed E-state index contributed by atoms with van der Waals surface area (Å²) >= 11 is 0. The molecule has 0 bridgehead atoms. The molecule has 2 aliphatic rings. The van der Waals surface area contributed by atoms with Gasteiger partial charge in [-0.15, -0.1) is 0 Å². The fraction of sp³-hybridized carbons (Fsp3) is 0.483. The first kappa shape index (κ1) is 26.6. The lowest BCUT2D eigenvalue weighted by Gasteiger charge is -2.29. The summed E-state index contributed by atoms with van der Waals surface area (Å²) in [6, 6.07) is 6.33. The summed E-state index contributed by atoms with van der Waals surface area (Å²) in [6.45, 7) is 3.89. The third kappa shape index (κ3) is 6.87. The number of carbonyl (C=O) groups is 3. The van der Waals surface area contributed by atoms with Gasteiger partial charge in [-0.05, 0) is 92.7 Å². The molecule has 198 valence electrons. The normalized spacial score (nSPS) is 16.5. The highest BCUT2D eigenvalue weighted by Crippen LogP contribution is 2.34. The number of urea groups is 1. The number of anilines is 2. The van der Waals surface area contributed by atoms with Crippen molar-refractivity contribution < 1.29 is 23.5 Å². The van der Waals surface area contributed by atoms with Gasteiger partial charge in [-0.2, -0.15) is 0 Å². The van der Waals surface area contributed by atoms with Gasteiger partial charge < -0.3 is 20.7 Å². The minimum absolute atomic E-state index is 0.0166. The van der Waals surface area contributed by atoms with Gasteiger partial charge in [0.2, 0.25) is 0 Å². The van der Waals surface area contributed by atoms with Crippen molar-refractivity contribution in [2.45, 2.75) is 71.3 Å². The van der Waals surface area contributed by atoms with Crippen molar-refractivity contribution in [2.24, 2.45) is 11.8 Å². The van der Waals surface area contributed by atoms with Gasteiger partial charge in [0.05, 0.1) is 18.4 Å². The standard InChI is InChI=1S/C29H36FN3O4/c1-17-13-20(15-19-9-10-19)14-18(2)25(17)33-29(36)31-24-16-22(30)11-12-23(24)27(34)32-26(28(35)37-3)21-7-5-4-6-8-21/h11-14,16,19,21,26H,4-10,15H2,1-3H3,(H,32,34)(H2,31,33,36)/t26-/m0/s1. The molecule has 3 N–H and O–H groups in total. The van der Waals surface area contributed by atoms with Crippen LogP contribution in [0.1, 0.15) is 72.0 Å². The van der Waals surface area contributed by atoms with Gasteiger partial charge in [-0.1, -0.05) is 31.4 Å². The van der Waals surface area contributed by atoms with Crippen molar-refractivity contribution in [1.82, 2.24) is 5.32 Å². The van der Waals surface area contributed by atoms with Crippen LogP contribution in [0.2, 0.25) is 0 Å². The molecule has 3 amide bonds. The number of aryl methyl sites for hydroxylation is 2. The van der Waals surface area contributed by atoms with E-state index < -0.39 is 29.8 Å². The molecule has 2 aromatic carbocycles. The first-order valence-corrected chi connectivity index (χ1v) is 13.1. The Morgan fingerprint density at radius 3 is 2.27 bits per heavy atom. The Kier molecular flexibility index (Phi) is 8.46. The van der Waals surface area contributed by atoms with Crippen molar-refractivity contribution in [3.05, 3.63) is 58.4 Å². The van der Waals surface area contributed by atoms with Crippen LogP contribution in [0.3, 0.4) is 0 Å². The van der Waals surface area contributed by atoms with Crippen molar-refractivity contribution in [3.63, 3.8) is 0 Å². The zero-order chi connectivity index (χ0) is 26.5. The maximum Gasteiger partial charge on any atom is 0.328 e. The maximum absolute atomic E-state index is 14.1. The smallest absolute Gasteiger partial charge is 0.328 e. The van der Waals surface area contributed by atoms with Crippen LogP contribution in [0.25, 0.3) is 0 Å². The Morgan fingerprint density at radius 2 is 1.65 bits per heavy atom. The Hall–Kier alpha value is -3.42. The number of carbonyl (C=O) groups excluding carboxylic acids is 3. The molecule has 0 radical (unpaired) electrons. The summed E-state index contributed by atoms with van der Waals surface area (Å²) in [5.41, 5.74) is 3.90. The number of esters is 1. The predicted molar refractivity (Wildman–Crippen MR) is 141 cm³/mol. The van der Waals surface area contributed by atoms with Gasteiger partial charge in [0.15, 0.2) is 0 Å². The van der Waals surface area contributed by atoms with E-state index in [9.17, 15) is 18.8 Å². The van der Waals surface area contributed by atoms with E-state index in [0.717, 1.165) is 67.7 Å². The van der Waals surface area contributed by atoms with Gasteiger partial charge in [0.1, 0.15) is 11.9 Å². The van der Waals surface area contributed by atoms with Crippen LogP contribution in [0.15, 0.2) is 30.3 Å². The summed E-state index contributed by atoms with van der Waals surface area (Å²) in [6.07, 6.45) is 8.28. The zero-order valence-electron chi connectivity index (χ0n) is 21.8. The molecule has 8 heteroatoms. The van der Waals surface area contributed by atoms with Crippen molar-refractivity contribution in [1.29, 1.82) is 0 Å². The van der Waals surface area contributed by atoms with E-state index in [4.69, 9.17) is 4.74 Å². The summed E-state index contributed by atoms with van der Waals surface area (Å²) in [7, 11) is 1.29. The van der Waals surface area contributed by atoms with Gasteiger partial charge in [-0.3, -0.25) is 4.79 Å². The van der Waals surface area contributed by atoms with Crippen molar-refractivity contribution in [3.8, 4) is 0 Å². The molecule has 37 heavy (non-hydrogen) atoms. The highest BCUT2D eigenvalue weighted by molar-refractivity contribution is 6.07. The number of ether oxygens (including phenoxy) is 1. The van der Waals surface area contributed by atoms with E-state index in [-0.39, 0.29) is 17.2 Å². The molecule has 0 saturated heterocycles. The topological polar surface area (TPSA) is 96.5 Å². The third-order valence-electron chi connectivity index (χ3n) is 7.39. The van der Waals surface area contributed by atoms with Crippen molar-refractivity contribution in [2.75, 3.05) is 17.7 Å². The molecule has 0 spiro atoms. The summed E-state index contributed by atoms with van der Waals surface area (Å²) in [5, 5.41) is 8.25. The van der Waals surface area contributed by atoms with Crippen LogP contribution in [-0.2, 0) is 16.0 Å². The lowest BCUT2D eigenvalue weighted by Crippen LogP contribution is -2.47. The van der Waals surface area contributed by atoms with E-state index in [1.807, 2.05) is 13.8 Å². The van der Waals surface area contributed by atoms with Crippen LogP contribution >= 0.6 is 0 Å². The third-order valence-corrected chi connectivity index (χ3v) is 7.39. The average Bonchev–Trinajstić information content (AvgIpc) is 3.69. The molecule has 0 aliphatic heterocycles. The molecule has 4 rings (SSSR count). The highest BCUT2D eigenvalue weighted by atomic mass is 19.1. The fourth-order valence-corrected chi connectivity index (χ4v) is 5.29. The molecule has 0 unspecified atom stereocenters. The van der Waals surface area contributed by atoms with Gasteiger partial charge in [0.25, 0.3) is 5.91 Å². The Labute approximate surface area is 217 Å². The SMILES string of the molecule is COC(=O)[C@@H](NC(=O)c1ccc(F)cc1NC(=O)Nc1c(C)cc(CC2CC2)cc1C)C1CCCCC1. The molecule has 2 fully saturated rings. The summed E-state index contributed by atoms with van der Waals surface area (Å²) < 4.78 is 19.1. The van der Waals surface area contributed by atoms with Crippen LogP contribution in [-0.4, -0.2) is 31.1 Å². The second kappa shape index (κ2) is 11.8. The van der Waals surface area contributed by atoms with Crippen LogP contribution in [0.4, 0.5) is 20.6 Å². The number of hydrogen-bond acceptors (Lipinski definition) is 4. The number of methoxy groups -OCH3 is 1. The molecule has 7 nitrogen and oxygen atoms in total. The molecular weight excluding hydrogens is 473 g/mol. The molecule has 0 heterocycles. The first-order valence-electron chi connectivity index (χ1n) is 13.1. The zero-order valence-corrected chi connectivity index (χ0v) is 21.8. The molecule has 2 aromatic rings. The number of halogens is 1. The number of rotatable bonds is 8. The van der Waals surface area contributed by atoms with Gasteiger partial charge in [-0.25, -0.2) is 14.0 Å². The highest BCUT2D eigenvalue weighted by Gasteiger charge is 2.32. The Morgan fingerprint density at radius 1 is 0.973 bits per heavy atom. The number of hydrogen-bond donors (Lipinski definition) is 3. The van der Waals surface area contributed by atoms with E-state index in [1.54, 1.807) is 0 Å². The quantitative estimate of drug-likeness (QED) is 0.387. The first-order chi connectivity index (χ1) is 17.7. The maximum atomic E-state index is 14.1. The lowest BCUT2D eigenvalue weighted by molar-refractivity contribution is -0.144. The van der Waals surface area contributed by atoms with Gasteiger partial charge in [0, 0.05) is 5.69 Å².